The fraction of sp³-hybridized carbons (Fsp3) is 0.949. The quantitative estimate of drug-likeness (QED) is 0.0222. The Morgan fingerprint density at radius 3 is 0.694 bits per heavy atom. The van der Waals surface area contributed by atoms with Crippen molar-refractivity contribution in [2.75, 3.05) is 39.6 Å². The zero-order valence-corrected chi connectivity index (χ0v) is 66.0. The molecule has 5 atom stereocenters. The molecule has 2 unspecified atom stereocenters. The number of carbonyl (C=O) groups is 4. The van der Waals surface area contributed by atoms with Gasteiger partial charge in [-0.1, -0.05) is 357 Å². The molecule has 0 rings (SSSR count). The van der Waals surface area contributed by atoms with Gasteiger partial charge in [-0.05, 0) is 43.4 Å². The summed E-state index contributed by atoms with van der Waals surface area (Å²) < 4.78 is 68.6. The molecular weight excluding hydrogens is 1280 g/mol. The van der Waals surface area contributed by atoms with Gasteiger partial charge in [0.05, 0.1) is 26.4 Å². The van der Waals surface area contributed by atoms with Crippen LogP contribution < -0.4 is 0 Å². The van der Waals surface area contributed by atoms with Crippen molar-refractivity contribution in [1.29, 1.82) is 0 Å². The molecule has 0 saturated heterocycles. The van der Waals surface area contributed by atoms with Crippen molar-refractivity contribution in [3.63, 3.8) is 0 Å². The second-order valence-electron chi connectivity index (χ2n) is 29.9. The zero-order chi connectivity index (χ0) is 72.3. The molecule has 0 aromatic carbocycles. The first-order valence-electron chi connectivity index (χ1n) is 40.8. The molecule has 0 fully saturated rings. The number of hydrogen-bond acceptors (Lipinski definition) is 15. The summed E-state index contributed by atoms with van der Waals surface area (Å²) >= 11 is 0. The van der Waals surface area contributed by atoms with E-state index in [0.717, 1.165) is 102 Å². The maximum absolute atomic E-state index is 13.1. The molecule has 98 heavy (non-hydrogen) atoms. The summed E-state index contributed by atoms with van der Waals surface area (Å²) in [6.45, 7) is 11.8. The van der Waals surface area contributed by atoms with Crippen molar-refractivity contribution in [2.24, 2.45) is 17.8 Å². The Labute approximate surface area is 600 Å². The monoisotopic (exact) mass is 1440 g/mol. The average molecular weight is 1440 g/mol. The van der Waals surface area contributed by atoms with Crippen LogP contribution in [0.2, 0.25) is 0 Å². The first kappa shape index (κ1) is 96.1. The Bertz CT molecular complexity index is 1900. The molecule has 0 amide bonds. The lowest BCUT2D eigenvalue weighted by atomic mass is 10.0. The number of phosphoric acid groups is 2. The van der Waals surface area contributed by atoms with Crippen LogP contribution >= 0.6 is 15.6 Å². The predicted molar refractivity (Wildman–Crippen MR) is 400 cm³/mol. The first-order valence-corrected chi connectivity index (χ1v) is 43.8. The Balaban J connectivity index is 5.20. The number of phosphoric ester groups is 2. The molecule has 0 aromatic rings. The molecular formula is C79H154O17P2. The number of esters is 4. The van der Waals surface area contributed by atoms with Gasteiger partial charge in [-0.25, -0.2) is 9.13 Å². The van der Waals surface area contributed by atoms with Crippen molar-refractivity contribution in [1.82, 2.24) is 0 Å². The summed E-state index contributed by atoms with van der Waals surface area (Å²) in [4.78, 5) is 72.8. The highest BCUT2D eigenvalue weighted by Crippen LogP contribution is 2.45. The molecule has 0 saturated carbocycles. The van der Waals surface area contributed by atoms with Gasteiger partial charge >= 0.3 is 39.5 Å². The van der Waals surface area contributed by atoms with Crippen molar-refractivity contribution in [3.05, 3.63) is 0 Å². The van der Waals surface area contributed by atoms with Gasteiger partial charge in [-0.2, -0.15) is 0 Å². The molecule has 0 aromatic heterocycles. The van der Waals surface area contributed by atoms with Crippen LogP contribution in [0.3, 0.4) is 0 Å². The van der Waals surface area contributed by atoms with Crippen LogP contribution in [-0.4, -0.2) is 96.7 Å². The van der Waals surface area contributed by atoms with Gasteiger partial charge in [0.25, 0.3) is 0 Å². The summed E-state index contributed by atoms with van der Waals surface area (Å²) in [5.41, 5.74) is 0. The van der Waals surface area contributed by atoms with E-state index in [0.29, 0.717) is 37.5 Å². The number of carbonyl (C=O) groups excluding carboxylic acids is 4. The second-order valence-corrected chi connectivity index (χ2v) is 32.8. The van der Waals surface area contributed by atoms with E-state index >= 15 is 0 Å². The average Bonchev–Trinajstić information content (AvgIpc) is 1.24. The van der Waals surface area contributed by atoms with E-state index in [1.165, 1.54) is 212 Å². The molecule has 0 bridgehead atoms. The van der Waals surface area contributed by atoms with Crippen molar-refractivity contribution >= 4 is 39.5 Å². The summed E-state index contributed by atoms with van der Waals surface area (Å²) in [6, 6.07) is 0. The fourth-order valence-electron chi connectivity index (χ4n) is 12.1. The highest BCUT2D eigenvalue weighted by molar-refractivity contribution is 7.47. The number of aliphatic hydroxyl groups excluding tert-OH is 1. The molecule has 0 aliphatic heterocycles. The van der Waals surface area contributed by atoms with Gasteiger partial charge in [0.2, 0.25) is 0 Å². The van der Waals surface area contributed by atoms with Gasteiger partial charge in [-0.3, -0.25) is 37.3 Å². The van der Waals surface area contributed by atoms with Crippen LogP contribution in [0.1, 0.15) is 408 Å². The van der Waals surface area contributed by atoms with Crippen LogP contribution in [0, 0.1) is 17.8 Å². The highest BCUT2D eigenvalue weighted by atomic mass is 31.2. The normalized spacial score (nSPS) is 14.0. The maximum Gasteiger partial charge on any atom is 0.472 e. The highest BCUT2D eigenvalue weighted by Gasteiger charge is 2.30. The molecule has 0 radical (unpaired) electrons. The van der Waals surface area contributed by atoms with Gasteiger partial charge in [0.15, 0.2) is 12.2 Å². The third-order valence-corrected chi connectivity index (χ3v) is 20.3. The molecule has 0 spiro atoms. The van der Waals surface area contributed by atoms with Gasteiger partial charge in [-0.15, -0.1) is 0 Å². The van der Waals surface area contributed by atoms with E-state index in [1.807, 2.05) is 0 Å². The SMILES string of the molecule is CCCCCCCCCCCCCCCCCCCC(=O)OC[C@H](COP(=O)(O)OC[C@@H](O)COP(=O)(O)OC[C@@H](COC(=O)CCCCCCCCCC(C)C)OC(=O)CCCCCCCCCC(C)C)OC(=O)CCCCCCCCCCCCCCCCCCCCC(C)C. The van der Waals surface area contributed by atoms with Gasteiger partial charge in [0.1, 0.15) is 19.3 Å². The van der Waals surface area contributed by atoms with E-state index < -0.39 is 97.5 Å². The lowest BCUT2D eigenvalue weighted by molar-refractivity contribution is -0.161. The number of rotatable bonds is 77. The van der Waals surface area contributed by atoms with E-state index in [9.17, 15) is 43.2 Å². The first-order chi connectivity index (χ1) is 47.2. The predicted octanol–water partition coefficient (Wildman–Crippen LogP) is 23.4. The van der Waals surface area contributed by atoms with Crippen molar-refractivity contribution in [2.45, 2.75) is 426 Å². The van der Waals surface area contributed by atoms with Gasteiger partial charge < -0.3 is 33.8 Å². The number of hydrogen-bond donors (Lipinski definition) is 3. The van der Waals surface area contributed by atoms with Crippen LogP contribution in [0.25, 0.3) is 0 Å². The lowest BCUT2D eigenvalue weighted by Crippen LogP contribution is -2.30. The zero-order valence-electron chi connectivity index (χ0n) is 64.3. The number of unbranched alkanes of at least 4 members (excludes halogenated alkanes) is 45. The van der Waals surface area contributed by atoms with Crippen LogP contribution in [0.15, 0.2) is 0 Å². The number of ether oxygens (including phenoxy) is 4. The number of aliphatic hydroxyl groups is 1. The summed E-state index contributed by atoms with van der Waals surface area (Å²) in [5.74, 6) is 0.103. The van der Waals surface area contributed by atoms with Crippen molar-refractivity contribution < 1.29 is 80.2 Å². The Morgan fingerprint density at radius 1 is 0.276 bits per heavy atom. The topological polar surface area (TPSA) is 237 Å². The van der Waals surface area contributed by atoms with Crippen LogP contribution in [0.5, 0.6) is 0 Å². The molecule has 0 aliphatic carbocycles. The Kier molecular flexibility index (Phi) is 68.1. The molecule has 19 heteroatoms. The molecule has 0 aliphatic rings. The van der Waals surface area contributed by atoms with E-state index in [4.69, 9.17) is 37.0 Å². The van der Waals surface area contributed by atoms with Crippen molar-refractivity contribution in [3.8, 4) is 0 Å². The minimum atomic E-state index is -4.96. The second kappa shape index (κ2) is 69.4. The molecule has 17 nitrogen and oxygen atoms in total. The van der Waals surface area contributed by atoms with E-state index in [1.54, 1.807) is 0 Å². The van der Waals surface area contributed by atoms with E-state index in [2.05, 4.69) is 48.5 Å². The Morgan fingerprint density at radius 2 is 0.469 bits per heavy atom. The van der Waals surface area contributed by atoms with Crippen LogP contribution in [0.4, 0.5) is 0 Å². The maximum atomic E-state index is 13.1. The van der Waals surface area contributed by atoms with E-state index in [-0.39, 0.29) is 25.7 Å². The third-order valence-electron chi connectivity index (χ3n) is 18.4. The minimum absolute atomic E-state index is 0.103. The molecule has 3 N–H and O–H groups in total. The third kappa shape index (κ3) is 72.4. The largest absolute Gasteiger partial charge is 0.472 e. The summed E-state index contributed by atoms with van der Waals surface area (Å²) in [7, 11) is -9.91. The smallest absolute Gasteiger partial charge is 0.462 e. The van der Waals surface area contributed by atoms with Crippen LogP contribution in [-0.2, 0) is 65.4 Å². The lowest BCUT2D eigenvalue weighted by Gasteiger charge is -2.21. The summed E-state index contributed by atoms with van der Waals surface area (Å²) in [6.07, 6.45) is 57.2. The Hall–Kier alpha value is -1.94. The minimum Gasteiger partial charge on any atom is -0.462 e. The van der Waals surface area contributed by atoms with Gasteiger partial charge in [0, 0.05) is 25.7 Å². The summed E-state index contributed by atoms with van der Waals surface area (Å²) in [5, 5.41) is 10.6. The molecule has 0 heterocycles. The standard InChI is InChI=1S/C79H154O17P2/c1-8-9-10-11-12-13-14-15-16-19-23-26-29-32-39-46-53-60-76(81)89-66-74(95-78(83)62-55-48-40-33-30-27-24-21-18-17-20-22-25-28-31-36-43-50-57-70(2)3)68-93-97(85,86)91-64-73(80)65-92-98(87,88)94-69-75(96-79(84)63-56-49-42-35-38-45-52-59-72(6)7)67-90-77(82)61-54-47-41-34-37-44-51-58-71(4)5/h70-75,80H,8-69H2,1-7H3,(H,85,86)(H,87,88)/t73-,74-,75-/m1/s1. The molecule has 582 valence electrons. The fourth-order valence-corrected chi connectivity index (χ4v) is 13.7.